The molecule has 0 radical (unpaired) electrons. The number of hydrogen-bond donors (Lipinski definition) is 1. The van der Waals surface area contributed by atoms with Gasteiger partial charge in [0.15, 0.2) is 12.1 Å². The minimum atomic E-state index is -0.918. The van der Waals surface area contributed by atoms with Crippen molar-refractivity contribution in [1.29, 1.82) is 0 Å². The Morgan fingerprint density at radius 2 is 1.26 bits per heavy atom. The lowest BCUT2D eigenvalue weighted by atomic mass is 9.84. The van der Waals surface area contributed by atoms with Crippen LogP contribution in [0.1, 0.15) is 58.9 Å². The fraction of sp³-hybridized carbons (Fsp3) is 0.632. The van der Waals surface area contributed by atoms with Gasteiger partial charge in [0.1, 0.15) is 5.60 Å². The molecule has 0 fully saturated rings. The van der Waals surface area contributed by atoms with Crippen LogP contribution in [0.15, 0.2) is 0 Å². The van der Waals surface area contributed by atoms with Gasteiger partial charge in [-0.25, -0.2) is 0 Å². The van der Waals surface area contributed by atoms with Crippen LogP contribution in [0.5, 0.6) is 0 Å². The van der Waals surface area contributed by atoms with Crippen molar-refractivity contribution in [1.82, 2.24) is 0 Å². The zero-order chi connectivity index (χ0) is 18.5. The Morgan fingerprint density at radius 1 is 0.913 bits per heavy atom. The molecule has 0 saturated heterocycles. The van der Waals surface area contributed by atoms with E-state index < -0.39 is 11.9 Å². The van der Waals surface area contributed by atoms with Crippen LogP contribution in [0.25, 0.3) is 0 Å². The van der Waals surface area contributed by atoms with E-state index in [1.165, 1.54) is 16.7 Å². The molecule has 0 amide bonds. The molecule has 132 valence electrons. The number of carbonyl (C=O) groups is 1. The average Bonchev–Trinajstić information content (AvgIpc) is 2.52. The van der Waals surface area contributed by atoms with Crippen molar-refractivity contribution in [2.45, 2.75) is 67.3 Å². The van der Waals surface area contributed by atoms with Crippen LogP contribution in [0.4, 0.5) is 0 Å². The number of aliphatic hydroxyl groups excluding tert-OH is 1. The lowest BCUT2D eigenvalue weighted by Gasteiger charge is -2.29. The minimum absolute atomic E-state index is 0.00704. The number of hydrogen-bond acceptors (Lipinski definition) is 4. The molecule has 1 aromatic rings. The van der Waals surface area contributed by atoms with Crippen molar-refractivity contribution >= 4 is 5.78 Å². The molecule has 0 aliphatic carbocycles. The molecule has 0 bridgehead atoms. The number of benzene rings is 1. The highest BCUT2D eigenvalue weighted by molar-refractivity contribution is 6.05. The van der Waals surface area contributed by atoms with Gasteiger partial charge in [-0.2, -0.15) is 0 Å². The second-order valence-corrected chi connectivity index (χ2v) is 6.26. The van der Waals surface area contributed by atoms with Crippen molar-refractivity contribution in [2.75, 3.05) is 14.2 Å². The van der Waals surface area contributed by atoms with Crippen LogP contribution < -0.4 is 0 Å². The molecular weight excluding hydrogens is 292 g/mol. The van der Waals surface area contributed by atoms with Gasteiger partial charge in [-0.15, -0.1) is 0 Å². The van der Waals surface area contributed by atoms with E-state index >= 15 is 0 Å². The summed E-state index contributed by atoms with van der Waals surface area (Å²) in [6, 6.07) is 0. The molecule has 1 aromatic carbocycles. The maximum Gasteiger partial charge on any atom is 0.194 e. The number of aliphatic hydroxyl groups is 1. The van der Waals surface area contributed by atoms with Crippen molar-refractivity contribution < 1.29 is 19.4 Å². The highest BCUT2D eigenvalue weighted by atomic mass is 16.7. The molecule has 4 nitrogen and oxygen atoms in total. The number of methoxy groups -OCH3 is 1. The minimum Gasteiger partial charge on any atom is -0.400 e. The smallest absolute Gasteiger partial charge is 0.194 e. The lowest BCUT2D eigenvalue weighted by molar-refractivity contribution is -0.160. The summed E-state index contributed by atoms with van der Waals surface area (Å²) in [5.41, 5.74) is 5.56. The predicted molar refractivity (Wildman–Crippen MR) is 94.2 cm³/mol. The first-order chi connectivity index (χ1) is 10.5. The van der Waals surface area contributed by atoms with E-state index in [0.717, 1.165) is 23.8 Å². The fourth-order valence-corrected chi connectivity index (χ4v) is 2.66. The van der Waals surface area contributed by atoms with E-state index in [1.807, 2.05) is 13.8 Å². The van der Waals surface area contributed by atoms with Crippen LogP contribution >= 0.6 is 0 Å². The summed E-state index contributed by atoms with van der Waals surface area (Å²) >= 11 is 0. The third kappa shape index (κ3) is 4.63. The first kappa shape index (κ1) is 21.8. The van der Waals surface area contributed by atoms with Gasteiger partial charge in [0.25, 0.3) is 0 Å². The molecule has 0 saturated carbocycles. The number of ether oxygens (including phenoxy) is 2. The zero-order valence-electron chi connectivity index (χ0n) is 16.2. The number of rotatable bonds is 5. The average molecular weight is 324 g/mol. The molecule has 0 spiro atoms. The summed E-state index contributed by atoms with van der Waals surface area (Å²) in [7, 11) is 2.57. The normalized spacial score (nSPS) is 12.5. The van der Waals surface area contributed by atoms with Gasteiger partial charge in [0, 0.05) is 19.8 Å². The van der Waals surface area contributed by atoms with Crippen LogP contribution in [0, 0.1) is 34.6 Å². The molecule has 0 aliphatic rings. The first-order valence-electron chi connectivity index (χ1n) is 7.81. The molecule has 0 heterocycles. The van der Waals surface area contributed by atoms with Crippen molar-refractivity contribution in [3.63, 3.8) is 0 Å². The van der Waals surface area contributed by atoms with Gasteiger partial charge in [0.2, 0.25) is 0 Å². The molecule has 1 atom stereocenters. The summed E-state index contributed by atoms with van der Waals surface area (Å²) in [6.45, 7) is 15.7. The number of Topliss-reactive ketones (excluding diaryl/α,β-unsaturated/α-hetero) is 1. The highest BCUT2D eigenvalue weighted by Crippen LogP contribution is 2.30. The molecule has 4 heteroatoms. The molecule has 1 rings (SSSR count). The number of carbonyl (C=O) groups excluding carboxylic acids is 1. The van der Waals surface area contributed by atoms with Crippen LogP contribution in [0.2, 0.25) is 0 Å². The third-order valence-electron chi connectivity index (χ3n) is 4.57. The van der Waals surface area contributed by atoms with E-state index in [2.05, 4.69) is 20.8 Å². The standard InChI is InChI=1S/C18H28O3.CH4O/c1-10-11(2)13(4)16(14(5)12(10)3)17(19)18(7,8)21-15(6)20-9;1-2/h15H,1-9H3;2H,1H3. The first-order valence-corrected chi connectivity index (χ1v) is 7.81. The van der Waals surface area contributed by atoms with Gasteiger partial charge < -0.3 is 14.6 Å². The van der Waals surface area contributed by atoms with Gasteiger partial charge in [0.05, 0.1) is 0 Å². The molecular formula is C19H32O4. The quantitative estimate of drug-likeness (QED) is 0.661. The molecule has 0 aliphatic heterocycles. The molecule has 1 N–H and O–H groups in total. The summed E-state index contributed by atoms with van der Waals surface area (Å²) < 4.78 is 10.9. The largest absolute Gasteiger partial charge is 0.400 e. The SMILES string of the molecule is CO.COC(C)OC(C)(C)C(=O)c1c(C)c(C)c(C)c(C)c1C. The van der Waals surface area contributed by atoms with Crippen LogP contribution in [0.3, 0.4) is 0 Å². The topological polar surface area (TPSA) is 55.8 Å². The van der Waals surface area contributed by atoms with Crippen molar-refractivity contribution in [3.05, 3.63) is 33.4 Å². The monoisotopic (exact) mass is 324 g/mol. The summed E-state index contributed by atoms with van der Waals surface area (Å²) in [5, 5.41) is 7.00. The Kier molecular flexibility index (Phi) is 8.12. The molecule has 0 aromatic heterocycles. The Bertz CT molecular complexity index is 530. The Balaban J connectivity index is 0.00000232. The predicted octanol–water partition coefficient (Wildman–Crippen LogP) is 3.81. The van der Waals surface area contributed by atoms with E-state index in [9.17, 15) is 4.79 Å². The summed E-state index contributed by atoms with van der Waals surface area (Å²) in [5.74, 6) is 0.00704. The Labute approximate surface area is 140 Å². The highest BCUT2D eigenvalue weighted by Gasteiger charge is 2.34. The van der Waals surface area contributed by atoms with Crippen LogP contribution in [-0.2, 0) is 9.47 Å². The summed E-state index contributed by atoms with van der Waals surface area (Å²) in [4.78, 5) is 13.0. The third-order valence-corrected chi connectivity index (χ3v) is 4.57. The fourth-order valence-electron chi connectivity index (χ4n) is 2.66. The Morgan fingerprint density at radius 3 is 1.61 bits per heavy atom. The number of ketones is 1. The van der Waals surface area contributed by atoms with E-state index in [0.29, 0.717) is 0 Å². The van der Waals surface area contributed by atoms with Crippen molar-refractivity contribution in [3.8, 4) is 0 Å². The Hall–Kier alpha value is -1.23. The van der Waals surface area contributed by atoms with Crippen LogP contribution in [-0.4, -0.2) is 37.0 Å². The van der Waals surface area contributed by atoms with E-state index in [-0.39, 0.29) is 5.78 Å². The molecule has 23 heavy (non-hydrogen) atoms. The maximum absolute atomic E-state index is 13.0. The maximum atomic E-state index is 13.0. The van der Waals surface area contributed by atoms with E-state index in [4.69, 9.17) is 14.6 Å². The zero-order valence-corrected chi connectivity index (χ0v) is 16.2. The van der Waals surface area contributed by atoms with Gasteiger partial charge in [-0.3, -0.25) is 4.79 Å². The molecule has 1 unspecified atom stereocenters. The van der Waals surface area contributed by atoms with Gasteiger partial charge in [-0.1, -0.05) is 0 Å². The van der Waals surface area contributed by atoms with E-state index in [1.54, 1.807) is 27.9 Å². The lowest BCUT2D eigenvalue weighted by Crippen LogP contribution is -2.39. The van der Waals surface area contributed by atoms with Gasteiger partial charge >= 0.3 is 0 Å². The second-order valence-electron chi connectivity index (χ2n) is 6.26. The van der Waals surface area contributed by atoms with Crippen molar-refractivity contribution in [2.24, 2.45) is 0 Å². The summed E-state index contributed by atoms with van der Waals surface area (Å²) in [6.07, 6.45) is -0.419. The second kappa shape index (κ2) is 8.57. The van der Waals surface area contributed by atoms with Gasteiger partial charge in [-0.05, 0) is 83.2 Å².